The normalized spacial score (nSPS) is 28.5. The summed E-state index contributed by atoms with van der Waals surface area (Å²) >= 11 is 7.06. The molecule has 1 aromatic rings. The Morgan fingerprint density at radius 1 is 1.38 bits per heavy atom. The van der Waals surface area contributed by atoms with Gasteiger partial charge in [0, 0.05) is 25.0 Å². The molecule has 0 aliphatic carbocycles. The van der Waals surface area contributed by atoms with Gasteiger partial charge in [-0.3, -0.25) is 0 Å². The molecule has 0 radical (unpaired) electrons. The standard InChI is InChI=1S/C14H21ClN2O2S2/c1-16-5-2-3-12-9-17(6-4-13(12)16)21(18,19)14-7-11(8-15)10-20-14/h7,10,12-13H,2-6,8-9H2,1H3. The highest BCUT2D eigenvalue weighted by Gasteiger charge is 2.39. The summed E-state index contributed by atoms with van der Waals surface area (Å²) in [6, 6.07) is 2.26. The van der Waals surface area contributed by atoms with Crippen molar-refractivity contribution in [2.24, 2.45) is 5.92 Å². The molecule has 0 aromatic carbocycles. The van der Waals surface area contributed by atoms with Crippen LogP contribution < -0.4 is 0 Å². The zero-order valence-electron chi connectivity index (χ0n) is 12.2. The van der Waals surface area contributed by atoms with Gasteiger partial charge in [-0.25, -0.2) is 8.42 Å². The molecule has 3 heterocycles. The summed E-state index contributed by atoms with van der Waals surface area (Å²) in [7, 11) is -1.18. The topological polar surface area (TPSA) is 40.6 Å². The SMILES string of the molecule is CN1CCCC2CN(S(=O)(=O)c3cc(CCl)cs3)CCC21. The van der Waals surface area contributed by atoms with Gasteiger partial charge in [0.15, 0.2) is 0 Å². The van der Waals surface area contributed by atoms with Gasteiger partial charge in [-0.2, -0.15) is 4.31 Å². The number of hydrogen-bond acceptors (Lipinski definition) is 4. The highest BCUT2D eigenvalue weighted by Crippen LogP contribution is 2.33. The number of nitrogens with zero attached hydrogens (tertiary/aromatic N) is 2. The third-order valence-electron chi connectivity index (χ3n) is 4.69. The first-order chi connectivity index (χ1) is 10.0. The summed E-state index contributed by atoms with van der Waals surface area (Å²) in [5.41, 5.74) is 0.882. The van der Waals surface area contributed by atoms with Crippen molar-refractivity contribution in [3.63, 3.8) is 0 Å². The van der Waals surface area contributed by atoms with E-state index in [2.05, 4.69) is 11.9 Å². The van der Waals surface area contributed by atoms with Gasteiger partial charge in [0.25, 0.3) is 10.0 Å². The van der Waals surface area contributed by atoms with Gasteiger partial charge in [0.05, 0.1) is 0 Å². The van der Waals surface area contributed by atoms with E-state index < -0.39 is 10.0 Å². The molecule has 2 aliphatic heterocycles. The average molecular weight is 349 g/mol. The van der Waals surface area contributed by atoms with Gasteiger partial charge >= 0.3 is 0 Å². The van der Waals surface area contributed by atoms with Crippen LogP contribution in [-0.2, 0) is 15.9 Å². The van der Waals surface area contributed by atoms with Gasteiger partial charge in [-0.1, -0.05) is 0 Å². The van der Waals surface area contributed by atoms with Crippen molar-refractivity contribution < 1.29 is 8.42 Å². The van der Waals surface area contributed by atoms with Gasteiger partial charge in [0.2, 0.25) is 0 Å². The summed E-state index contributed by atoms with van der Waals surface area (Å²) in [4.78, 5) is 2.40. The molecule has 0 saturated carbocycles. The second-order valence-corrected chi connectivity index (χ2v) is 9.35. The zero-order valence-corrected chi connectivity index (χ0v) is 14.6. The average Bonchev–Trinajstić information content (AvgIpc) is 2.97. The minimum absolute atomic E-state index is 0.363. The lowest BCUT2D eigenvalue weighted by molar-refractivity contribution is 0.0672. The Balaban J connectivity index is 1.78. The van der Waals surface area contributed by atoms with Gasteiger partial charge in [-0.05, 0) is 55.8 Å². The van der Waals surface area contributed by atoms with E-state index in [9.17, 15) is 8.42 Å². The lowest BCUT2D eigenvalue weighted by Gasteiger charge is -2.45. The maximum Gasteiger partial charge on any atom is 0.252 e. The van der Waals surface area contributed by atoms with Crippen molar-refractivity contribution in [2.45, 2.75) is 35.4 Å². The third-order valence-corrected chi connectivity index (χ3v) is 8.32. The maximum atomic E-state index is 12.8. The Kier molecular flexibility index (Phi) is 4.62. The second-order valence-electron chi connectivity index (χ2n) is 6.01. The first-order valence-corrected chi connectivity index (χ1v) is 10.2. The molecule has 4 nitrogen and oxygen atoms in total. The van der Waals surface area contributed by atoms with Crippen LogP contribution in [0.2, 0.25) is 0 Å². The summed E-state index contributed by atoms with van der Waals surface area (Å²) in [5, 5.41) is 1.83. The Morgan fingerprint density at radius 3 is 2.90 bits per heavy atom. The molecule has 2 aliphatic rings. The zero-order chi connectivity index (χ0) is 15.0. The first kappa shape index (κ1) is 15.7. The van der Waals surface area contributed by atoms with Crippen molar-refractivity contribution in [3.05, 3.63) is 17.0 Å². The number of halogens is 1. The van der Waals surface area contributed by atoms with E-state index in [-0.39, 0.29) is 0 Å². The van der Waals surface area contributed by atoms with E-state index >= 15 is 0 Å². The predicted molar refractivity (Wildman–Crippen MR) is 86.4 cm³/mol. The predicted octanol–water partition coefficient (Wildman–Crippen LogP) is 2.59. The van der Waals surface area contributed by atoms with Crippen LogP contribution in [-0.4, -0.2) is 50.3 Å². The van der Waals surface area contributed by atoms with Crippen molar-refractivity contribution in [2.75, 3.05) is 26.7 Å². The third kappa shape index (κ3) is 3.01. The lowest BCUT2D eigenvalue weighted by atomic mass is 9.85. The van der Waals surface area contributed by atoms with Crippen molar-refractivity contribution >= 4 is 33.0 Å². The monoisotopic (exact) mass is 348 g/mol. The molecule has 7 heteroatoms. The summed E-state index contributed by atoms with van der Waals surface area (Å²) in [6.45, 7) is 2.42. The number of likely N-dealkylation sites (tertiary alicyclic amines) is 1. The Morgan fingerprint density at radius 2 is 2.19 bits per heavy atom. The van der Waals surface area contributed by atoms with Crippen LogP contribution in [0, 0.1) is 5.92 Å². The smallest absolute Gasteiger partial charge is 0.252 e. The van der Waals surface area contributed by atoms with Crippen LogP contribution in [0.1, 0.15) is 24.8 Å². The molecule has 0 N–H and O–H groups in total. The van der Waals surface area contributed by atoms with Crippen molar-refractivity contribution in [3.8, 4) is 0 Å². The maximum absolute atomic E-state index is 12.8. The molecule has 0 bridgehead atoms. The Labute approximate surface area is 135 Å². The number of piperidine rings is 2. The molecule has 0 amide bonds. The molecule has 2 fully saturated rings. The van der Waals surface area contributed by atoms with Crippen LogP contribution in [0.25, 0.3) is 0 Å². The number of rotatable bonds is 3. The molecule has 2 atom stereocenters. The quantitative estimate of drug-likeness (QED) is 0.788. The molecule has 0 spiro atoms. The Bertz CT molecular complexity index is 602. The van der Waals surface area contributed by atoms with Gasteiger partial charge < -0.3 is 4.90 Å². The fourth-order valence-electron chi connectivity index (χ4n) is 3.52. The fraction of sp³-hybridized carbons (Fsp3) is 0.714. The van der Waals surface area contributed by atoms with E-state index in [0.717, 1.165) is 24.9 Å². The molecule has 21 heavy (non-hydrogen) atoms. The van der Waals surface area contributed by atoms with Gasteiger partial charge in [0.1, 0.15) is 4.21 Å². The number of hydrogen-bond donors (Lipinski definition) is 0. The molecular formula is C14H21ClN2O2S2. The van der Waals surface area contributed by atoms with Crippen LogP contribution in [0.3, 0.4) is 0 Å². The minimum Gasteiger partial charge on any atom is -0.303 e. The highest BCUT2D eigenvalue weighted by atomic mass is 35.5. The largest absolute Gasteiger partial charge is 0.303 e. The molecule has 3 rings (SSSR count). The van der Waals surface area contributed by atoms with Crippen molar-refractivity contribution in [1.82, 2.24) is 9.21 Å². The lowest BCUT2D eigenvalue weighted by Crippen LogP contribution is -2.53. The second kappa shape index (κ2) is 6.16. The van der Waals surface area contributed by atoms with E-state index in [1.165, 1.54) is 17.8 Å². The van der Waals surface area contributed by atoms with Gasteiger partial charge in [-0.15, -0.1) is 22.9 Å². The summed E-state index contributed by atoms with van der Waals surface area (Å²) in [5.74, 6) is 0.835. The van der Waals surface area contributed by atoms with E-state index in [1.807, 2.05) is 5.38 Å². The molecule has 2 saturated heterocycles. The van der Waals surface area contributed by atoms with Crippen LogP contribution in [0.4, 0.5) is 0 Å². The Hall–Kier alpha value is -0.140. The van der Waals surface area contributed by atoms with Crippen LogP contribution in [0.5, 0.6) is 0 Å². The first-order valence-electron chi connectivity index (χ1n) is 7.36. The number of alkyl halides is 1. The molecular weight excluding hydrogens is 328 g/mol. The molecule has 2 unspecified atom stereocenters. The van der Waals surface area contributed by atoms with E-state index in [4.69, 9.17) is 11.6 Å². The van der Waals surface area contributed by atoms with E-state index in [1.54, 1.807) is 10.4 Å². The number of sulfonamides is 1. The molecule has 118 valence electrons. The summed E-state index contributed by atoms with van der Waals surface area (Å²) in [6.07, 6.45) is 3.24. The van der Waals surface area contributed by atoms with Crippen LogP contribution in [0.15, 0.2) is 15.7 Å². The highest BCUT2D eigenvalue weighted by molar-refractivity contribution is 7.91. The minimum atomic E-state index is -3.34. The summed E-state index contributed by atoms with van der Waals surface area (Å²) < 4.78 is 27.6. The van der Waals surface area contributed by atoms with E-state index in [0.29, 0.717) is 35.1 Å². The molecule has 1 aromatic heterocycles. The number of fused-ring (bicyclic) bond motifs is 1. The van der Waals surface area contributed by atoms with Crippen LogP contribution >= 0.6 is 22.9 Å². The number of thiophene rings is 1. The fourth-order valence-corrected chi connectivity index (χ4v) is 6.64. The van der Waals surface area contributed by atoms with Crippen molar-refractivity contribution in [1.29, 1.82) is 0 Å².